The van der Waals surface area contributed by atoms with Gasteiger partial charge in [0.15, 0.2) is 0 Å². The van der Waals surface area contributed by atoms with Crippen LogP contribution >= 0.6 is 11.8 Å². The van der Waals surface area contributed by atoms with E-state index in [1.807, 2.05) is 0 Å². The van der Waals surface area contributed by atoms with E-state index in [4.69, 9.17) is 17.3 Å². The topological polar surface area (TPSA) is 83.6 Å². The lowest BCUT2D eigenvalue weighted by Crippen LogP contribution is -2.49. The number of carboxylic acids is 1. The van der Waals surface area contributed by atoms with Crippen molar-refractivity contribution in [3.63, 3.8) is 0 Å². The average Bonchev–Trinajstić information content (AvgIpc) is 2.77. The Balaban J connectivity index is 2.51. The van der Waals surface area contributed by atoms with Crippen molar-refractivity contribution < 1.29 is 14.7 Å². The number of terminal acetylenes is 1. The van der Waals surface area contributed by atoms with Gasteiger partial charge in [-0.15, -0.1) is 18.2 Å². The fraction of sp³-hybridized carbons (Fsp3) is 0.636. The summed E-state index contributed by atoms with van der Waals surface area (Å²) in [6.07, 6.45) is 6.31. The minimum absolute atomic E-state index is 0.292. The largest absolute Gasteiger partial charge is 0.480 e. The Kier molecular flexibility index (Phi) is 5.32. The number of nitrogens with two attached hydrogens (primary N) is 1. The fourth-order valence-electron chi connectivity index (χ4n) is 1.82. The quantitative estimate of drug-likeness (QED) is 0.524. The molecule has 2 atom stereocenters. The van der Waals surface area contributed by atoms with Gasteiger partial charge in [0.1, 0.15) is 6.04 Å². The molecule has 1 aliphatic heterocycles. The van der Waals surface area contributed by atoms with Crippen LogP contribution in [0.4, 0.5) is 0 Å². The molecule has 17 heavy (non-hydrogen) atoms. The third-order valence-corrected chi connectivity index (χ3v) is 3.59. The minimum atomic E-state index is -0.959. The highest BCUT2D eigenvalue weighted by Crippen LogP contribution is 2.18. The molecule has 0 aromatic rings. The van der Waals surface area contributed by atoms with Crippen molar-refractivity contribution >= 4 is 23.6 Å². The fourth-order valence-corrected chi connectivity index (χ4v) is 2.45. The number of carboxylic acid groups (broad SMARTS) is 1. The number of amides is 1. The number of nitrogens with zero attached hydrogens (tertiary/aromatic N) is 1. The molecule has 0 spiro atoms. The summed E-state index contributed by atoms with van der Waals surface area (Å²) in [6.45, 7) is 0.476. The van der Waals surface area contributed by atoms with E-state index in [-0.39, 0.29) is 5.91 Å². The molecule has 1 heterocycles. The highest BCUT2D eigenvalue weighted by Gasteiger charge is 2.35. The number of carbonyl (C=O) groups excluding carboxylic acids is 1. The maximum absolute atomic E-state index is 11.9. The molecule has 6 heteroatoms. The zero-order valence-corrected chi connectivity index (χ0v) is 10.3. The molecule has 0 aliphatic carbocycles. The molecule has 1 amide bonds. The third kappa shape index (κ3) is 3.65. The normalized spacial score (nSPS) is 20.9. The van der Waals surface area contributed by atoms with Crippen LogP contribution in [0.1, 0.15) is 12.8 Å². The second-order valence-corrected chi connectivity index (χ2v) is 4.88. The number of hydrogen-bond acceptors (Lipinski definition) is 4. The zero-order chi connectivity index (χ0) is 12.8. The highest BCUT2D eigenvalue weighted by atomic mass is 32.2. The van der Waals surface area contributed by atoms with Gasteiger partial charge in [-0.1, -0.05) is 5.92 Å². The first kappa shape index (κ1) is 13.9. The van der Waals surface area contributed by atoms with Gasteiger partial charge in [-0.2, -0.15) is 0 Å². The first-order valence-corrected chi connectivity index (χ1v) is 6.53. The number of hydrogen-bond donors (Lipinski definition) is 2. The van der Waals surface area contributed by atoms with Crippen LogP contribution in [0, 0.1) is 12.3 Å². The second-order valence-electron chi connectivity index (χ2n) is 3.85. The summed E-state index contributed by atoms with van der Waals surface area (Å²) >= 11 is 1.40. The summed E-state index contributed by atoms with van der Waals surface area (Å²) < 4.78 is 0. The Bertz CT molecular complexity index is 340. The average molecular weight is 256 g/mol. The molecule has 0 unspecified atom stereocenters. The van der Waals surface area contributed by atoms with Crippen LogP contribution in [0.15, 0.2) is 0 Å². The second kappa shape index (κ2) is 6.52. The number of rotatable bonds is 5. The minimum Gasteiger partial charge on any atom is -0.480 e. The number of aliphatic carboxylic acids is 1. The zero-order valence-electron chi connectivity index (χ0n) is 9.46. The van der Waals surface area contributed by atoms with Crippen molar-refractivity contribution in [1.82, 2.24) is 4.90 Å². The van der Waals surface area contributed by atoms with E-state index in [0.717, 1.165) is 0 Å². The van der Waals surface area contributed by atoms with Gasteiger partial charge in [0, 0.05) is 12.3 Å². The summed E-state index contributed by atoms with van der Waals surface area (Å²) in [5, 5.41) is 8.96. The van der Waals surface area contributed by atoms with Crippen LogP contribution in [0.5, 0.6) is 0 Å². The van der Waals surface area contributed by atoms with Gasteiger partial charge in [-0.05, 0) is 12.8 Å². The lowest BCUT2D eigenvalue weighted by Gasteiger charge is -2.24. The summed E-state index contributed by atoms with van der Waals surface area (Å²) in [5.74, 6) is 2.12. The van der Waals surface area contributed by atoms with Crippen LogP contribution in [-0.4, -0.2) is 52.0 Å². The first-order valence-electron chi connectivity index (χ1n) is 5.38. The maximum Gasteiger partial charge on any atom is 0.326 e. The number of likely N-dealkylation sites (tertiary alicyclic amines) is 1. The molecular weight excluding hydrogens is 240 g/mol. The number of thioether (sulfide) groups is 1. The van der Waals surface area contributed by atoms with E-state index >= 15 is 0 Å². The molecule has 1 rings (SSSR count). The Labute approximate surface area is 105 Å². The van der Waals surface area contributed by atoms with Gasteiger partial charge in [0.25, 0.3) is 0 Å². The third-order valence-electron chi connectivity index (χ3n) is 2.62. The SMILES string of the molecule is C#CCSC[C@H](N)C(=O)N1CCC[C@H]1C(=O)O. The monoisotopic (exact) mass is 256 g/mol. The van der Waals surface area contributed by atoms with Gasteiger partial charge in [0.05, 0.1) is 11.8 Å². The first-order chi connectivity index (χ1) is 8.07. The molecule has 0 radical (unpaired) electrons. The summed E-state index contributed by atoms with van der Waals surface area (Å²) in [6, 6.07) is -1.39. The van der Waals surface area contributed by atoms with Crippen LogP contribution < -0.4 is 5.73 Å². The Morgan fingerprint density at radius 3 is 2.94 bits per heavy atom. The van der Waals surface area contributed by atoms with Gasteiger partial charge < -0.3 is 15.7 Å². The van der Waals surface area contributed by atoms with E-state index in [1.165, 1.54) is 16.7 Å². The van der Waals surface area contributed by atoms with Gasteiger partial charge in [-0.25, -0.2) is 4.79 Å². The van der Waals surface area contributed by atoms with Crippen LogP contribution in [-0.2, 0) is 9.59 Å². The lowest BCUT2D eigenvalue weighted by molar-refractivity contribution is -0.148. The van der Waals surface area contributed by atoms with Crippen LogP contribution in [0.3, 0.4) is 0 Å². The van der Waals surface area contributed by atoms with Gasteiger partial charge in [0.2, 0.25) is 5.91 Å². The van der Waals surface area contributed by atoms with Crippen molar-refractivity contribution in [3.8, 4) is 12.3 Å². The highest BCUT2D eigenvalue weighted by molar-refractivity contribution is 7.99. The van der Waals surface area contributed by atoms with E-state index in [0.29, 0.717) is 30.9 Å². The molecule has 94 valence electrons. The van der Waals surface area contributed by atoms with Crippen molar-refractivity contribution in [1.29, 1.82) is 0 Å². The van der Waals surface area contributed by atoms with Crippen LogP contribution in [0.25, 0.3) is 0 Å². The predicted octanol–water partition coefficient (Wildman–Crippen LogP) is -0.244. The standard InChI is InChI=1S/C11H16N2O3S/c1-2-6-17-7-8(12)10(14)13-5-3-4-9(13)11(15)16/h1,8-9H,3-7,12H2,(H,15,16)/t8-,9-/m0/s1. The molecule has 1 aliphatic rings. The summed E-state index contributed by atoms with van der Waals surface area (Å²) in [7, 11) is 0. The molecule has 0 aromatic carbocycles. The predicted molar refractivity (Wildman–Crippen MR) is 66.5 cm³/mol. The number of carbonyl (C=O) groups is 2. The molecule has 1 saturated heterocycles. The Morgan fingerprint density at radius 1 is 1.65 bits per heavy atom. The summed E-state index contributed by atoms with van der Waals surface area (Å²) in [5.41, 5.74) is 5.73. The molecule has 5 nitrogen and oxygen atoms in total. The van der Waals surface area contributed by atoms with Crippen molar-refractivity contribution in [2.45, 2.75) is 24.9 Å². The molecule has 0 aromatic heterocycles. The van der Waals surface area contributed by atoms with E-state index < -0.39 is 18.1 Å². The van der Waals surface area contributed by atoms with Crippen LogP contribution in [0.2, 0.25) is 0 Å². The molecule has 0 bridgehead atoms. The molecule has 0 saturated carbocycles. The van der Waals surface area contributed by atoms with Gasteiger partial charge in [-0.3, -0.25) is 4.79 Å². The van der Waals surface area contributed by atoms with E-state index in [2.05, 4.69) is 5.92 Å². The van der Waals surface area contributed by atoms with Crippen molar-refractivity contribution in [3.05, 3.63) is 0 Å². The molecular formula is C11H16N2O3S. The van der Waals surface area contributed by atoms with Gasteiger partial charge >= 0.3 is 5.97 Å². The Hall–Kier alpha value is -1.19. The lowest BCUT2D eigenvalue weighted by atomic mass is 10.2. The van der Waals surface area contributed by atoms with E-state index in [9.17, 15) is 9.59 Å². The van der Waals surface area contributed by atoms with Crippen molar-refractivity contribution in [2.24, 2.45) is 5.73 Å². The summed E-state index contributed by atoms with van der Waals surface area (Å²) in [4.78, 5) is 24.2. The maximum atomic E-state index is 11.9. The molecule has 3 N–H and O–H groups in total. The Morgan fingerprint density at radius 2 is 2.35 bits per heavy atom. The molecule has 1 fully saturated rings. The van der Waals surface area contributed by atoms with Crippen molar-refractivity contribution in [2.75, 3.05) is 18.1 Å². The smallest absolute Gasteiger partial charge is 0.326 e. The van der Waals surface area contributed by atoms with E-state index in [1.54, 1.807) is 0 Å².